The van der Waals surface area contributed by atoms with Gasteiger partial charge in [-0.15, -0.1) is 0 Å². The second-order valence-electron chi connectivity index (χ2n) is 3.74. The van der Waals surface area contributed by atoms with Gasteiger partial charge in [-0.25, -0.2) is 0 Å². The molecular formula is C11H18O2. The molecule has 0 radical (unpaired) electrons. The summed E-state index contributed by atoms with van der Waals surface area (Å²) in [5.74, 6) is 1.21. The van der Waals surface area contributed by atoms with Crippen molar-refractivity contribution in [3.63, 3.8) is 0 Å². The van der Waals surface area contributed by atoms with Gasteiger partial charge in [0.2, 0.25) is 0 Å². The van der Waals surface area contributed by atoms with Crippen LogP contribution in [0.1, 0.15) is 32.6 Å². The lowest BCUT2D eigenvalue weighted by atomic mass is 9.82. The minimum atomic E-state index is -0.0817. The summed E-state index contributed by atoms with van der Waals surface area (Å²) in [6.07, 6.45) is 8.41. The molecule has 1 rings (SSSR count). The zero-order valence-corrected chi connectivity index (χ0v) is 8.45. The molecule has 1 aliphatic rings. The molecule has 0 saturated carbocycles. The Labute approximate surface area is 80.0 Å². The number of hydrogen-bond acceptors (Lipinski definition) is 2. The normalized spacial score (nSPS) is 27.2. The summed E-state index contributed by atoms with van der Waals surface area (Å²) in [6.45, 7) is 2.22. The Morgan fingerprint density at radius 3 is 3.00 bits per heavy atom. The third-order valence-corrected chi connectivity index (χ3v) is 2.83. The number of ether oxygens (including phenoxy) is 1. The van der Waals surface area contributed by atoms with Gasteiger partial charge in [0.1, 0.15) is 0 Å². The first-order valence-corrected chi connectivity index (χ1v) is 4.97. The molecule has 2 heteroatoms. The first kappa shape index (κ1) is 10.3. The molecule has 0 N–H and O–H groups in total. The van der Waals surface area contributed by atoms with Crippen LogP contribution >= 0.6 is 0 Å². The van der Waals surface area contributed by atoms with Crippen LogP contribution in [0.5, 0.6) is 0 Å². The summed E-state index contributed by atoms with van der Waals surface area (Å²) in [7, 11) is 1.45. The van der Waals surface area contributed by atoms with Crippen molar-refractivity contribution in [3.8, 4) is 0 Å². The number of hydrogen-bond donors (Lipinski definition) is 0. The largest absolute Gasteiger partial charge is 0.469 e. The van der Waals surface area contributed by atoms with Gasteiger partial charge in [-0.1, -0.05) is 19.1 Å². The Kier molecular flexibility index (Phi) is 4.00. The van der Waals surface area contributed by atoms with Crippen molar-refractivity contribution < 1.29 is 9.53 Å². The molecule has 13 heavy (non-hydrogen) atoms. The van der Waals surface area contributed by atoms with Gasteiger partial charge in [-0.2, -0.15) is 0 Å². The topological polar surface area (TPSA) is 26.3 Å². The lowest BCUT2D eigenvalue weighted by molar-refractivity contribution is -0.141. The van der Waals surface area contributed by atoms with Gasteiger partial charge >= 0.3 is 5.97 Å². The summed E-state index contributed by atoms with van der Waals surface area (Å²) in [4.78, 5) is 10.9. The quantitative estimate of drug-likeness (QED) is 0.495. The smallest absolute Gasteiger partial charge is 0.305 e. The highest BCUT2D eigenvalue weighted by Crippen LogP contribution is 2.28. The van der Waals surface area contributed by atoms with Gasteiger partial charge in [0.05, 0.1) is 7.11 Å². The van der Waals surface area contributed by atoms with Gasteiger partial charge in [-0.05, 0) is 31.1 Å². The van der Waals surface area contributed by atoms with Crippen molar-refractivity contribution in [2.75, 3.05) is 7.11 Å². The maximum absolute atomic E-state index is 10.9. The van der Waals surface area contributed by atoms with E-state index in [9.17, 15) is 4.79 Å². The molecule has 2 atom stereocenters. The fraction of sp³-hybridized carbons (Fsp3) is 0.727. The van der Waals surface area contributed by atoms with Crippen LogP contribution in [0.2, 0.25) is 0 Å². The maximum atomic E-state index is 10.9. The molecule has 74 valence electrons. The first-order valence-electron chi connectivity index (χ1n) is 4.97. The van der Waals surface area contributed by atoms with E-state index >= 15 is 0 Å². The average molecular weight is 182 g/mol. The van der Waals surface area contributed by atoms with Gasteiger partial charge in [0.15, 0.2) is 0 Å². The molecule has 0 fully saturated rings. The minimum absolute atomic E-state index is 0.0817. The molecule has 0 saturated heterocycles. The van der Waals surface area contributed by atoms with E-state index in [-0.39, 0.29) is 5.97 Å². The van der Waals surface area contributed by atoms with Crippen molar-refractivity contribution in [1.29, 1.82) is 0 Å². The third-order valence-electron chi connectivity index (χ3n) is 2.83. The zero-order valence-electron chi connectivity index (χ0n) is 8.45. The first-order chi connectivity index (χ1) is 6.24. The SMILES string of the molecule is COC(=O)CCC1CCC=CC1C. The molecule has 0 aromatic heterocycles. The van der Waals surface area contributed by atoms with E-state index < -0.39 is 0 Å². The van der Waals surface area contributed by atoms with E-state index in [0.29, 0.717) is 18.3 Å². The Morgan fingerprint density at radius 1 is 1.62 bits per heavy atom. The molecule has 0 heterocycles. The van der Waals surface area contributed by atoms with E-state index in [4.69, 9.17) is 0 Å². The fourth-order valence-corrected chi connectivity index (χ4v) is 1.85. The highest BCUT2D eigenvalue weighted by Gasteiger charge is 2.18. The molecule has 2 nitrogen and oxygen atoms in total. The zero-order chi connectivity index (χ0) is 9.68. The number of rotatable bonds is 3. The molecule has 2 unspecified atom stereocenters. The fourth-order valence-electron chi connectivity index (χ4n) is 1.85. The van der Waals surface area contributed by atoms with E-state index in [1.807, 2.05) is 0 Å². The molecule has 0 aromatic rings. The predicted octanol–water partition coefficient (Wildman–Crippen LogP) is 2.54. The van der Waals surface area contributed by atoms with Crippen molar-refractivity contribution in [3.05, 3.63) is 12.2 Å². The second-order valence-corrected chi connectivity index (χ2v) is 3.74. The molecule has 0 amide bonds. The highest BCUT2D eigenvalue weighted by atomic mass is 16.5. The van der Waals surface area contributed by atoms with Gasteiger partial charge in [-0.3, -0.25) is 4.79 Å². The third kappa shape index (κ3) is 3.21. The average Bonchev–Trinajstić information content (AvgIpc) is 2.16. The lowest BCUT2D eigenvalue weighted by Crippen LogP contribution is -2.14. The van der Waals surface area contributed by atoms with Crippen molar-refractivity contribution in [2.24, 2.45) is 11.8 Å². The summed E-state index contributed by atoms with van der Waals surface area (Å²) in [5.41, 5.74) is 0. The molecular weight excluding hydrogens is 164 g/mol. The van der Waals surface area contributed by atoms with Gasteiger partial charge in [0.25, 0.3) is 0 Å². The number of methoxy groups -OCH3 is 1. The van der Waals surface area contributed by atoms with E-state index in [1.54, 1.807) is 0 Å². The van der Waals surface area contributed by atoms with Crippen LogP contribution in [0.15, 0.2) is 12.2 Å². The Hall–Kier alpha value is -0.790. The van der Waals surface area contributed by atoms with Crippen LogP contribution in [-0.4, -0.2) is 13.1 Å². The van der Waals surface area contributed by atoms with Crippen LogP contribution in [-0.2, 0) is 9.53 Å². The van der Waals surface area contributed by atoms with Crippen molar-refractivity contribution in [1.82, 2.24) is 0 Å². The summed E-state index contributed by atoms with van der Waals surface area (Å²) >= 11 is 0. The number of allylic oxidation sites excluding steroid dienone is 2. The Balaban J connectivity index is 2.28. The van der Waals surface area contributed by atoms with Gasteiger partial charge < -0.3 is 4.74 Å². The van der Waals surface area contributed by atoms with Crippen molar-refractivity contribution >= 4 is 5.97 Å². The minimum Gasteiger partial charge on any atom is -0.469 e. The molecule has 0 spiro atoms. The Morgan fingerprint density at radius 2 is 2.38 bits per heavy atom. The molecule has 0 aromatic carbocycles. The predicted molar refractivity (Wildman–Crippen MR) is 52.3 cm³/mol. The van der Waals surface area contributed by atoms with Crippen LogP contribution in [0.3, 0.4) is 0 Å². The summed E-state index contributed by atoms with van der Waals surface area (Å²) in [6, 6.07) is 0. The number of esters is 1. The number of carbonyl (C=O) groups excluding carboxylic acids is 1. The van der Waals surface area contributed by atoms with E-state index in [0.717, 1.165) is 12.8 Å². The standard InChI is InChI=1S/C11H18O2/c1-9-5-3-4-6-10(9)7-8-11(12)13-2/h3,5,9-10H,4,6-8H2,1-2H3. The molecule has 0 bridgehead atoms. The van der Waals surface area contributed by atoms with E-state index in [2.05, 4.69) is 23.8 Å². The monoisotopic (exact) mass is 182 g/mol. The van der Waals surface area contributed by atoms with Crippen molar-refractivity contribution in [2.45, 2.75) is 32.6 Å². The Bertz CT molecular complexity index is 196. The van der Waals surface area contributed by atoms with Crippen LogP contribution in [0.25, 0.3) is 0 Å². The highest BCUT2D eigenvalue weighted by molar-refractivity contribution is 5.69. The molecule has 1 aliphatic carbocycles. The summed E-state index contributed by atoms with van der Waals surface area (Å²) < 4.78 is 4.62. The van der Waals surface area contributed by atoms with Crippen LogP contribution in [0, 0.1) is 11.8 Å². The van der Waals surface area contributed by atoms with Crippen LogP contribution in [0.4, 0.5) is 0 Å². The second kappa shape index (κ2) is 5.05. The van der Waals surface area contributed by atoms with Crippen LogP contribution < -0.4 is 0 Å². The lowest BCUT2D eigenvalue weighted by Gasteiger charge is -2.23. The van der Waals surface area contributed by atoms with E-state index in [1.165, 1.54) is 13.5 Å². The summed E-state index contributed by atoms with van der Waals surface area (Å²) in [5, 5.41) is 0. The molecule has 0 aliphatic heterocycles. The van der Waals surface area contributed by atoms with Gasteiger partial charge in [0, 0.05) is 6.42 Å². The number of carbonyl (C=O) groups is 1. The maximum Gasteiger partial charge on any atom is 0.305 e.